The average molecular weight is 200 g/mol. The van der Waals surface area contributed by atoms with Crippen LogP contribution in [0.2, 0.25) is 0 Å². The van der Waals surface area contributed by atoms with E-state index in [1.54, 1.807) is 0 Å². The highest BCUT2D eigenvalue weighted by Crippen LogP contribution is 2.17. The molecule has 4 atom stereocenters. The maximum absolute atomic E-state index is 9.87. The van der Waals surface area contributed by atoms with Crippen LogP contribution in [-0.2, 0) is 0 Å². The lowest BCUT2D eigenvalue weighted by Crippen LogP contribution is -2.57. The summed E-state index contributed by atoms with van der Waals surface area (Å²) in [4.78, 5) is 0. The van der Waals surface area contributed by atoms with Gasteiger partial charge in [0.25, 0.3) is 0 Å². The number of aliphatic hydroxyl groups excluding tert-OH is 1. The number of aliphatic hydroxyl groups is 1. The van der Waals surface area contributed by atoms with Crippen LogP contribution in [0.5, 0.6) is 0 Å². The largest absolute Gasteiger partial charge is 0.393 e. The molecule has 4 unspecified atom stereocenters. The van der Waals surface area contributed by atoms with Crippen LogP contribution in [0.3, 0.4) is 0 Å². The summed E-state index contributed by atoms with van der Waals surface area (Å²) in [6.45, 7) is 8.38. The number of nitrogens with one attached hydrogen (secondary N) is 2. The molecule has 3 N–H and O–H groups in total. The van der Waals surface area contributed by atoms with Gasteiger partial charge in [-0.15, -0.1) is 0 Å². The molecule has 0 bridgehead atoms. The van der Waals surface area contributed by atoms with E-state index in [2.05, 4.69) is 24.5 Å². The quantitative estimate of drug-likeness (QED) is 0.627. The molecule has 0 amide bonds. The molecule has 0 aliphatic carbocycles. The average Bonchev–Trinajstić information content (AvgIpc) is 2.21. The van der Waals surface area contributed by atoms with Gasteiger partial charge in [-0.25, -0.2) is 0 Å². The molecule has 0 saturated carbocycles. The smallest absolute Gasteiger partial charge is 0.0581 e. The van der Waals surface area contributed by atoms with Crippen molar-refractivity contribution < 1.29 is 5.11 Å². The van der Waals surface area contributed by atoms with Gasteiger partial charge in [-0.2, -0.15) is 0 Å². The summed E-state index contributed by atoms with van der Waals surface area (Å²) in [5.41, 5.74) is 0. The molecule has 1 rings (SSSR count). The second kappa shape index (κ2) is 5.69. The second-order valence-electron chi connectivity index (χ2n) is 4.37. The van der Waals surface area contributed by atoms with Gasteiger partial charge in [0.15, 0.2) is 0 Å². The van der Waals surface area contributed by atoms with Gasteiger partial charge in [0.1, 0.15) is 0 Å². The lowest BCUT2D eigenvalue weighted by molar-refractivity contribution is 0.0712. The third kappa shape index (κ3) is 2.94. The van der Waals surface area contributed by atoms with E-state index in [1.807, 2.05) is 6.92 Å². The van der Waals surface area contributed by atoms with Crippen molar-refractivity contribution in [3.05, 3.63) is 0 Å². The van der Waals surface area contributed by atoms with Crippen molar-refractivity contribution in [3.8, 4) is 0 Å². The lowest BCUT2D eigenvalue weighted by atomic mass is 9.88. The number of hydrogen-bond donors (Lipinski definition) is 3. The Bertz CT molecular complexity index is 155. The normalized spacial score (nSPS) is 32.6. The molecular formula is C11H24N2O. The molecular weight excluding hydrogens is 176 g/mol. The summed E-state index contributed by atoms with van der Waals surface area (Å²) < 4.78 is 0. The van der Waals surface area contributed by atoms with Gasteiger partial charge in [-0.1, -0.05) is 13.8 Å². The van der Waals surface area contributed by atoms with E-state index in [9.17, 15) is 5.11 Å². The Kier molecular flexibility index (Phi) is 4.85. The van der Waals surface area contributed by atoms with Crippen molar-refractivity contribution in [2.45, 2.75) is 51.8 Å². The molecule has 3 heteroatoms. The van der Waals surface area contributed by atoms with Crippen molar-refractivity contribution in [2.24, 2.45) is 5.92 Å². The molecule has 1 heterocycles. The first-order valence-corrected chi connectivity index (χ1v) is 5.83. The van der Waals surface area contributed by atoms with Gasteiger partial charge >= 0.3 is 0 Å². The Labute approximate surface area is 87.3 Å². The van der Waals surface area contributed by atoms with Gasteiger partial charge in [0.05, 0.1) is 6.10 Å². The highest BCUT2D eigenvalue weighted by atomic mass is 16.3. The standard InChI is InChI=1S/C11H24N2O/c1-4-9(11(14)5-2)10-7-12-8(3)6-13-10/h8-14H,4-7H2,1-3H3. The van der Waals surface area contributed by atoms with Gasteiger partial charge in [0.2, 0.25) is 0 Å². The summed E-state index contributed by atoms with van der Waals surface area (Å²) in [6, 6.07) is 0.994. The van der Waals surface area contributed by atoms with Crippen molar-refractivity contribution in [1.82, 2.24) is 10.6 Å². The molecule has 1 saturated heterocycles. The molecule has 0 aromatic heterocycles. The number of rotatable bonds is 4. The van der Waals surface area contributed by atoms with E-state index >= 15 is 0 Å². The first-order valence-electron chi connectivity index (χ1n) is 5.83. The molecule has 84 valence electrons. The molecule has 14 heavy (non-hydrogen) atoms. The Balaban J connectivity index is 2.44. The minimum Gasteiger partial charge on any atom is -0.393 e. The Morgan fingerprint density at radius 2 is 1.93 bits per heavy atom. The second-order valence-corrected chi connectivity index (χ2v) is 4.37. The fourth-order valence-corrected chi connectivity index (χ4v) is 2.23. The van der Waals surface area contributed by atoms with Gasteiger partial charge in [-0.05, 0) is 19.8 Å². The highest BCUT2D eigenvalue weighted by molar-refractivity contribution is 4.87. The molecule has 0 spiro atoms. The van der Waals surface area contributed by atoms with Crippen LogP contribution in [0.4, 0.5) is 0 Å². The third-order valence-corrected chi connectivity index (χ3v) is 3.27. The van der Waals surface area contributed by atoms with Crippen LogP contribution < -0.4 is 10.6 Å². The van der Waals surface area contributed by atoms with Gasteiger partial charge in [0, 0.05) is 31.1 Å². The zero-order valence-electron chi connectivity index (χ0n) is 9.59. The summed E-state index contributed by atoms with van der Waals surface area (Å²) in [5.74, 6) is 0.389. The topological polar surface area (TPSA) is 44.3 Å². The third-order valence-electron chi connectivity index (χ3n) is 3.27. The van der Waals surface area contributed by atoms with Crippen LogP contribution in [0.1, 0.15) is 33.6 Å². The first kappa shape index (κ1) is 12.0. The van der Waals surface area contributed by atoms with Crippen LogP contribution in [0, 0.1) is 5.92 Å². The fraction of sp³-hybridized carbons (Fsp3) is 1.00. The summed E-state index contributed by atoms with van der Waals surface area (Å²) in [6.07, 6.45) is 1.74. The van der Waals surface area contributed by atoms with Crippen LogP contribution in [0.15, 0.2) is 0 Å². The lowest BCUT2D eigenvalue weighted by Gasteiger charge is -2.36. The van der Waals surface area contributed by atoms with E-state index in [4.69, 9.17) is 0 Å². The molecule has 1 aliphatic rings. The molecule has 3 nitrogen and oxygen atoms in total. The Hall–Kier alpha value is -0.120. The summed E-state index contributed by atoms with van der Waals surface area (Å²) in [5, 5.41) is 16.8. The summed E-state index contributed by atoms with van der Waals surface area (Å²) >= 11 is 0. The van der Waals surface area contributed by atoms with Crippen LogP contribution in [-0.4, -0.2) is 36.4 Å². The number of piperazine rings is 1. The molecule has 0 aromatic carbocycles. The van der Waals surface area contributed by atoms with E-state index in [1.165, 1.54) is 0 Å². The van der Waals surface area contributed by atoms with Crippen molar-refractivity contribution >= 4 is 0 Å². The van der Waals surface area contributed by atoms with Crippen LogP contribution >= 0.6 is 0 Å². The predicted octanol–water partition coefficient (Wildman–Crippen LogP) is 0.733. The monoisotopic (exact) mass is 200 g/mol. The fourth-order valence-electron chi connectivity index (χ4n) is 2.23. The van der Waals surface area contributed by atoms with Gasteiger partial charge < -0.3 is 15.7 Å². The SMILES string of the molecule is CCC(O)C(CC)C1CNC(C)CN1. The van der Waals surface area contributed by atoms with E-state index in [0.717, 1.165) is 25.9 Å². The zero-order valence-corrected chi connectivity index (χ0v) is 9.59. The van der Waals surface area contributed by atoms with Crippen LogP contribution in [0.25, 0.3) is 0 Å². The Morgan fingerprint density at radius 3 is 2.36 bits per heavy atom. The molecule has 0 aromatic rings. The van der Waals surface area contributed by atoms with E-state index < -0.39 is 0 Å². The van der Waals surface area contributed by atoms with E-state index in [-0.39, 0.29) is 6.10 Å². The molecule has 0 radical (unpaired) electrons. The minimum absolute atomic E-state index is 0.160. The molecule has 1 aliphatic heterocycles. The zero-order chi connectivity index (χ0) is 10.6. The van der Waals surface area contributed by atoms with Gasteiger partial charge in [-0.3, -0.25) is 0 Å². The van der Waals surface area contributed by atoms with Crippen molar-refractivity contribution in [3.63, 3.8) is 0 Å². The first-order chi connectivity index (χ1) is 6.69. The van der Waals surface area contributed by atoms with Crippen molar-refractivity contribution in [1.29, 1.82) is 0 Å². The summed E-state index contributed by atoms with van der Waals surface area (Å²) in [7, 11) is 0. The highest BCUT2D eigenvalue weighted by Gasteiger charge is 2.28. The molecule has 1 fully saturated rings. The maximum Gasteiger partial charge on any atom is 0.0581 e. The maximum atomic E-state index is 9.87. The minimum atomic E-state index is -0.160. The predicted molar refractivity (Wildman–Crippen MR) is 59.3 cm³/mol. The van der Waals surface area contributed by atoms with E-state index in [0.29, 0.717) is 18.0 Å². The Morgan fingerprint density at radius 1 is 1.21 bits per heavy atom. The van der Waals surface area contributed by atoms with Crippen molar-refractivity contribution in [2.75, 3.05) is 13.1 Å². The number of hydrogen-bond acceptors (Lipinski definition) is 3.